The van der Waals surface area contributed by atoms with Crippen molar-refractivity contribution in [1.82, 2.24) is 9.55 Å². The van der Waals surface area contributed by atoms with E-state index in [9.17, 15) is 0 Å². The van der Waals surface area contributed by atoms with E-state index in [-0.39, 0.29) is 0 Å². The lowest BCUT2D eigenvalue weighted by molar-refractivity contribution is 0.476. The first-order chi connectivity index (χ1) is 8.25. The molecule has 0 unspecified atom stereocenters. The molecule has 4 heteroatoms. The summed E-state index contributed by atoms with van der Waals surface area (Å²) >= 11 is 7.53. The number of nitrogens with zero attached hydrogens (tertiary/aromatic N) is 1. The Morgan fingerprint density at radius 1 is 1.35 bits per heavy atom. The van der Waals surface area contributed by atoms with E-state index in [1.165, 1.54) is 40.9 Å². The molecule has 90 valence electrons. The highest BCUT2D eigenvalue weighted by Crippen LogP contribution is 2.30. The molecule has 1 fully saturated rings. The maximum Gasteiger partial charge on any atom is 0.178 e. The first kappa shape index (κ1) is 11.4. The minimum Gasteiger partial charge on any atom is -0.331 e. The summed E-state index contributed by atoms with van der Waals surface area (Å²) in [6.07, 6.45) is 2.47. The van der Waals surface area contributed by atoms with Gasteiger partial charge in [0.25, 0.3) is 0 Å². The van der Waals surface area contributed by atoms with Gasteiger partial charge in [0.15, 0.2) is 4.77 Å². The van der Waals surface area contributed by atoms with Crippen LogP contribution in [0.3, 0.4) is 0 Å². The van der Waals surface area contributed by atoms with Gasteiger partial charge in [-0.25, -0.2) is 0 Å². The second kappa shape index (κ2) is 4.50. The van der Waals surface area contributed by atoms with Crippen LogP contribution >= 0.6 is 24.0 Å². The number of fused-ring (bicyclic) bond motifs is 1. The summed E-state index contributed by atoms with van der Waals surface area (Å²) in [5.74, 6) is 2.51. The molecule has 1 aliphatic rings. The van der Waals surface area contributed by atoms with Gasteiger partial charge in [0, 0.05) is 6.04 Å². The molecule has 0 bridgehead atoms. The zero-order chi connectivity index (χ0) is 11.8. The molecular formula is C13H16N2S2. The third kappa shape index (κ3) is 2.04. The second-order valence-electron chi connectivity index (χ2n) is 4.66. The van der Waals surface area contributed by atoms with Crippen LogP contribution in [0, 0.1) is 11.7 Å². The number of hydrogen-bond donors (Lipinski definition) is 1. The van der Waals surface area contributed by atoms with Crippen LogP contribution in [0.5, 0.6) is 0 Å². The Morgan fingerprint density at radius 2 is 2.12 bits per heavy atom. The first-order valence-corrected chi connectivity index (χ1v) is 7.60. The predicted octanol–water partition coefficient (Wildman–Crippen LogP) is 4.08. The largest absolute Gasteiger partial charge is 0.331 e. The number of aryl methyl sites for hydroxylation is 1. The molecule has 2 heterocycles. The molecule has 0 amide bonds. The standard InChI is InChI=1S/C13H16N2S2/c1-9-2-3-11-12(8-9)15(13(16)14-11)10-4-6-17-7-5-10/h2-3,8,10H,4-7H2,1H3,(H,14,16). The van der Waals surface area contributed by atoms with Crippen molar-refractivity contribution in [3.63, 3.8) is 0 Å². The van der Waals surface area contributed by atoms with E-state index in [1.807, 2.05) is 0 Å². The van der Waals surface area contributed by atoms with Crippen LogP contribution in [0.15, 0.2) is 18.2 Å². The summed E-state index contributed by atoms with van der Waals surface area (Å²) < 4.78 is 3.21. The van der Waals surface area contributed by atoms with Gasteiger partial charge >= 0.3 is 0 Å². The van der Waals surface area contributed by atoms with Crippen LogP contribution in [0.2, 0.25) is 0 Å². The Morgan fingerprint density at radius 3 is 2.88 bits per heavy atom. The van der Waals surface area contributed by atoms with Gasteiger partial charge in [0.2, 0.25) is 0 Å². The van der Waals surface area contributed by atoms with Crippen molar-refractivity contribution in [2.75, 3.05) is 11.5 Å². The Labute approximate surface area is 110 Å². The van der Waals surface area contributed by atoms with E-state index in [2.05, 4.69) is 46.4 Å². The van der Waals surface area contributed by atoms with Crippen LogP contribution in [0.4, 0.5) is 0 Å². The molecule has 0 spiro atoms. The molecule has 17 heavy (non-hydrogen) atoms. The number of nitrogens with one attached hydrogen (secondary N) is 1. The van der Waals surface area contributed by atoms with Crippen LogP contribution in [-0.4, -0.2) is 21.1 Å². The molecule has 1 saturated heterocycles. The van der Waals surface area contributed by atoms with Gasteiger partial charge in [-0.1, -0.05) is 6.07 Å². The van der Waals surface area contributed by atoms with Crippen LogP contribution in [-0.2, 0) is 0 Å². The van der Waals surface area contributed by atoms with Gasteiger partial charge in [-0.15, -0.1) is 0 Å². The number of aromatic nitrogens is 2. The summed E-state index contributed by atoms with van der Waals surface area (Å²) in [6.45, 7) is 2.14. The molecule has 1 aliphatic heterocycles. The number of hydrogen-bond acceptors (Lipinski definition) is 2. The van der Waals surface area contributed by atoms with E-state index in [0.717, 1.165) is 4.77 Å². The van der Waals surface area contributed by atoms with Gasteiger partial charge in [0.1, 0.15) is 0 Å². The van der Waals surface area contributed by atoms with Crippen molar-refractivity contribution >= 4 is 35.0 Å². The van der Waals surface area contributed by atoms with Gasteiger partial charge in [0.05, 0.1) is 11.0 Å². The van der Waals surface area contributed by atoms with E-state index in [1.54, 1.807) is 0 Å². The highest BCUT2D eigenvalue weighted by atomic mass is 32.2. The number of imidazole rings is 1. The van der Waals surface area contributed by atoms with Gasteiger partial charge in [-0.05, 0) is 61.2 Å². The summed E-state index contributed by atoms with van der Waals surface area (Å²) in [6, 6.07) is 7.09. The third-order valence-electron chi connectivity index (χ3n) is 3.43. The molecule has 0 radical (unpaired) electrons. The monoisotopic (exact) mass is 264 g/mol. The Hall–Kier alpha value is -0.740. The zero-order valence-electron chi connectivity index (χ0n) is 9.90. The fourth-order valence-electron chi connectivity index (χ4n) is 2.54. The minimum atomic E-state index is 0.583. The Balaban J connectivity index is 2.16. The maximum atomic E-state index is 5.48. The molecular weight excluding hydrogens is 248 g/mol. The summed E-state index contributed by atoms with van der Waals surface area (Å²) in [7, 11) is 0. The van der Waals surface area contributed by atoms with Gasteiger partial charge in [-0.2, -0.15) is 11.8 Å². The summed E-state index contributed by atoms with van der Waals surface area (Å²) in [5.41, 5.74) is 3.73. The molecule has 0 saturated carbocycles. The lowest BCUT2D eigenvalue weighted by atomic mass is 10.1. The third-order valence-corrected chi connectivity index (χ3v) is 4.78. The topological polar surface area (TPSA) is 20.7 Å². The highest BCUT2D eigenvalue weighted by molar-refractivity contribution is 7.99. The van der Waals surface area contributed by atoms with E-state index >= 15 is 0 Å². The molecule has 1 aromatic heterocycles. The summed E-state index contributed by atoms with van der Waals surface area (Å²) in [4.78, 5) is 3.32. The van der Waals surface area contributed by atoms with Crippen molar-refractivity contribution in [1.29, 1.82) is 0 Å². The number of rotatable bonds is 1. The number of aromatic amines is 1. The fourth-order valence-corrected chi connectivity index (χ4v) is 3.98. The van der Waals surface area contributed by atoms with Crippen LogP contribution in [0.25, 0.3) is 11.0 Å². The zero-order valence-corrected chi connectivity index (χ0v) is 11.5. The SMILES string of the molecule is Cc1ccc2[nH]c(=S)n(C3CCSCC3)c2c1. The number of thioether (sulfide) groups is 1. The minimum absolute atomic E-state index is 0.583. The lowest BCUT2D eigenvalue weighted by Crippen LogP contribution is -2.15. The number of benzene rings is 1. The lowest BCUT2D eigenvalue weighted by Gasteiger charge is -2.23. The van der Waals surface area contributed by atoms with Crippen LogP contribution in [0.1, 0.15) is 24.4 Å². The Bertz CT molecular complexity index is 591. The van der Waals surface area contributed by atoms with Crippen molar-refractivity contribution < 1.29 is 0 Å². The molecule has 0 aliphatic carbocycles. The molecule has 2 aromatic rings. The van der Waals surface area contributed by atoms with Crippen molar-refractivity contribution in [3.05, 3.63) is 28.5 Å². The fraction of sp³-hybridized carbons (Fsp3) is 0.462. The van der Waals surface area contributed by atoms with E-state index in [4.69, 9.17) is 12.2 Å². The first-order valence-electron chi connectivity index (χ1n) is 6.04. The smallest absolute Gasteiger partial charge is 0.178 e. The normalized spacial score (nSPS) is 17.7. The second-order valence-corrected chi connectivity index (χ2v) is 6.28. The molecule has 0 atom stereocenters. The average Bonchev–Trinajstić information content (AvgIpc) is 2.65. The molecule has 3 rings (SSSR count). The van der Waals surface area contributed by atoms with Crippen molar-refractivity contribution in [2.24, 2.45) is 0 Å². The molecule has 2 nitrogen and oxygen atoms in total. The quantitative estimate of drug-likeness (QED) is 0.784. The maximum absolute atomic E-state index is 5.48. The average molecular weight is 264 g/mol. The molecule has 1 N–H and O–H groups in total. The Kier molecular flexibility index (Phi) is 3.01. The number of H-pyrrole nitrogens is 1. The van der Waals surface area contributed by atoms with E-state index < -0.39 is 0 Å². The summed E-state index contributed by atoms with van der Waals surface area (Å²) in [5, 5.41) is 0. The van der Waals surface area contributed by atoms with Crippen molar-refractivity contribution in [2.45, 2.75) is 25.8 Å². The van der Waals surface area contributed by atoms with Crippen LogP contribution < -0.4 is 0 Å². The highest BCUT2D eigenvalue weighted by Gasteiger charge is 2.18. The molecule has 1 aromatic carbocycles. The van der Waals surface area contributed by atoms with E-state index in [0.29, 0.717) is 6.04 Å². The van der Waals surface area contributed by atoms with Gasteiger partial charge < -0.3 is 9.55 Å². The van der Waals surface area contributed by atoms with Gasteiger partial charge in [-0.3, -0.25) is 0 Å². The van der Waals surface area contributed by atoms with Crippen molar-refractivity contribution in [3.8, 4) is 0 Å². The predicted molar refractivity (Wildman–Crippen MR) is 77.5 cm³/mol.